The van der Waals surface area contributed by atoms with Gasteiger partial charge in [0.05, 0.1) is 12.5 Å². The number of rotatable bonds is 3. The Labute approximate surface area is 177 Å². The summed E-state index contributed by atoms with van der Waals surface area (Å²) >= 11 is 0. The van der Waals surface area contributed by atoms with E-state index in [9.17, 15) is 4.79 Å². The Bertz CT molecular complexity index is 699. The zero-order valence-corrected chi connectivity index (χ0v) is 19.1. The van der Waals surface area contributed by atoms with Crippen LogP contribution in [0.15, 0.2) is 12.2 Å². The van der Waals surface area contributed by atoms with Gasteiger partial charge in [-0.25, -0.2) is 0 Å². The molecule has 4 aliphatic rings. The second-order valence-corrected chi connectivity index (χ2v) is 11.3. The fourth-order valence-corrected chi connectivity index (χ4v) is 8.61. The van der Waals surface area contributed by atoms with Crippen molar-refractivity contribution >= 4 is 11.7 Å². The van der Waals surface area contributed by atoms with Crippen LogP contribution < -0.4 is 0 Å². The summed E-state index contributed by atoms with van der Waals surface area (Å²) in [6, 6.07) is 0. The lowest BCUT2D eigenvalue weighted by Crippen LogP contribution is -2.51. The van der Waals surface area contributed by atoms with Gasteiger partial charge in [-0.1, -0.05) is 26.0 Å². The third-order valence-electron chi connectivity index (χ3n) is 10.1. The molecule has 8 unspecified atom stereocenters. The predicted molar refractivity (Wildman–Crippen MR) is 118 cm³/mol. The van der Waals surface area contributed by atoms with Gasteiger partial charge in [-0.15, -0.1) is 0 Å². The molecule has 0 bridgehead atoms. The lowest BCUT2D eigenvalue weighted by Gasteiger charge is -2.59. The highest BCUT2D eigenvalue weighted by Crippen LogP contribution is 2.67. The van der Waals surface area contributed by atoms with Crippen molar-refractivity contribution in [2.75, 3.05) is 6.61 Å². The Morgan fingerprint density at radius 3 is 2.45 bits per heavy atom. The Morgan fingerprint density at radius 2 is 1.76 bits per heavy atom. The second kappa shape index (κ2) is 7.54. The van der Waals surface area contributed by atoms with Gasteiger partial charge in [-0.2, -0.15) is 0 Å². The molecule has 4 saturated carbocycles. The van der Waals surface area contributed by atoms with Gasteiger partial charge in [0.25, 0.3) is 0 Å². The quantitative estimate of drug-likeness (QED) is 0.440. The van der Waals surface area contributed by atoms with Crippen molar-refractivity contribution in [1.82, 2.24) is 0 Å². The smallest absolute Gasteiger partial charge is 0.314 e. The molecule has 0 amide bonds. The highest BCUT2D eigenvalue weighted by molar-refractivity contribution is 6.00. The normalized spacial score (nSPS) is 46.8. The summed E-state index contributed by atoms with van der Waals surface area (Å²) in [5, 5.41) is 8.65. The lowest BCUT2D eigenvalue weighted by molar-refractivity contribution is -0.146. The summed E-state index contributed by atoms with van der Waals surface area (Å²) in [5.74, 6) is 3.23. The second-order valence-electron chi connectivity index (χ2n) is 11.3. The molecule has 29 heavy (non-hydrogen) atoms. The Balaban J connectivity index is 1.58. The van der Waals surface area contributed by atoms with E-state index in [-0.39, 0.29) is 17.3 Å². The summed E-state index contributed by atoms with van der Waals surface area (Å²) in [5.41, 5.74) is 2.76. The zero-order valence-electron chi connectivity index (χ0n) is 19.1. The average Bonchev–Trinajstić information content (AvgIpc) is 2.95. The van der Waals surface area contributed by atoms with Crippen molar-refractivity contribution in [3.05, 3.63) is 12.2 Å². The average molecular weight is 400 g/mol. The van der Waals surface area contributed by atoms with E-state index in [0.717, 1.165) is 37.0 Å². The van der Waals surface area contributed by atoms with Gasteiger partial charge < -0.3 is 10.1 Å². The van der Waals surface area contributed by atoms with Crippen LogP contribution in [0.1, 0.15) is 85.5 Å². The summed E-state index contributed by atoms with van der Waals surface area (Å²) in [6.07, 6.45) is 10.6. The molecule has 0 aromatic rings. The molecule has 0 aromatic heterocycles. The third-order valence-corrected chi connectivity index (χ3v) is 10.1. The molecular formula is C26H41NO2. The molecule has 162 valence electrons. The molecule has 0 spiro atoms. The molecule has 1 N–H and O–H groups in total. The molecule has 4 fully saturated rings. The van der Waals surface area contributed by atoms with Gasteiger partial charge >= 0.3 is 5.97 Å². The molecule has 4 rings (SSSR count). The maximum atomic E-state index is 12.5. The summed E-state index contributed by atoms with van der Waals surface area (Å²) in [4.78, 5) is 12.5. The van der Waals surface area contributed by atoms with Crippen LogP contribution in [0.4, 0.5) is 0 Å². The number of fused-ring (bicyclic) bond motifs is 5. The molecule has 0 saturated heterocycles. The molecular weight excluding hydrogens is 358 g/mol. The lowest BCUT2D eigenvalue weighted by atomic mass is 9.46. The first kappa shape index (κ1) is 21.1. The number of hydrogen-bond acceptors (Lipinski definition) is 3. The number of esters is 1. The first-order valence-corrected chi connectivity index (χ1v) is 12.1. The van der Waals surface area contributed by atoms with Gasteiger partial charge in [0, 0.05) is 5.71 Å². The number of allylic oxidation sites excluding steroid dienone is 1. The third kappa shape index (κ3) is 3.22. The van der Waals surface area contributed by atoms with Crippen molar-refractivity contribution in [3.8, 4) is 0 Å². The monoisotopic (exact) mass is 399 g/mol. The van der Waals surface area contributed by atoms with E-state index in [2.05, 4.69) is 27.4 Å². The number of nitrogens with one attached hydrogen (secondary N) is 1. The van der Waals surface area contributed by atoms with E-state index < -0.39 is 0 Å². The van der Waals surface area contributed by atoms with Crippen LogP contribution in [-0.4, -0.2) is 18.3 Å². The maximum absolute atomic E-state index is 12.5. The summed E-state index contributed by atoms with van der Waals surface area (Å²) < 4.78 is 5.32. The molecule has 3 heteroatoms. The van der Waals surface area contributed by atoms with Crippen LogP contribution in [0.2, 0.25) is 0 Å². The van der Waals surface area contributed by atoms with Gasteiger partial charge in [-0.05, 0) is 112 Å². The van der Waals surface area contributed by atoms with Crippen LogP contribution in [0.5, 0.6) is 0 Å². The highest BCUT2D eigenvalue weighted by atomic mass is 16.5. The van der Waals surface area contributed by atoms with Gasteiger partial charge in [-0.3, -0.25) is 4.79 Å². The van der Waals surface area contributed by atoms with Gasteiger partial charge in [0.2, 0.25) is 0 Å². The van der Waals surface area contributed by atoms with Crippen LogP contribution in [0.25, 0.3) is 0 Å². The van der Waals surface area contributed by atoms with E-state index in [1.165, 1.54) is 44.1 Å². The summed E-state index contributed by atoms with van der Waals surface area (Å²) in [6.45, 7) is 14.0. The summed E-state index contributed by atoms with van der Waals surface area (Å²) in [7, 11) is 0. The maximum Gasteiger partial charge on any atom is 0.314 e. The number of carbonyl (C=O) groups is 1. The van der Waals surface area contributed by atoms with Crippen LogP contribution in [0.3, 0.4) is 0 Å². The fourth-order valence-electron chi connectivity index (χ4n) is 8.61. The Morgan fingerprint density at radius 1 is 1.07 bits per heavy atom. The van der Waals surface area contributed by atoms with Crippen LogP contribution in [0, 0.1) is 51.7 Å². The topological polar surface area (TPSA) is 50.2 Å². The SMILES string of the molecule is C=C(C)C1CCC2C3CCC4CC(=N)C(C(=O)OCC)CCC4(C)C3CCC12C. The standard InChI is InChI=1S/C26H41NO2/c1-6-29-24(28)19-11-13-25(4)17(15-23(19)27)7-8-18-21-10-9-20(16(2)3)26(21,5)14-12-22(18)25/h17-22,27H,2,6-15H2,1,3-5H3. The van der Waals surface area contributed by atoms with Crippen molar-refractivity contribution in [1.29, 1.82) is 5.41 Å². The number of carbonyl (C=O) groups excluding carboxylic acids is 1. The van der Waals surface area contributed by atoms with Crippen LogP contribution >= 0.6 is 0 Å². The largest absolute Gasteiger partial charge is 0.465 e. The first-order valence-electron chi connectivity index (χ1n) is 12.1. The van der Waals surface area contributed by atoms with E-state index in [0.29, 0.717) is 29.6 Å². The molecule has 4 aliphatic carbocycles. The van der Waals surface area contributed by atoms with Crippen LogP contribution in [-0.2, 0) is 9.53 Å². The van der Waals surface area contributed by atoms with Gasteiger partial charge in [0.15, 0.2) is 0 Å². The van der Waals surface area contributed by atoms with E-state index in [1.54, 1.807) is 0 Å². The van der Waals surface area contributed by atoms with Crippen molar-refractivity contribution in [2.24, 2.45) is 46.3 Å². The first-order chi connectivity index (χ1) is 13.7. The number of hydrogen-bond donors (Lipinski definition) is 1. The minimum Gasteiger partial charge on any atom is -0.465 e. The molecule has 0 heterocycles. The predicted octanol–water partition coefficient (Wildman–Crippen LogP) is 6.42. The Hall–Kier alpha value is -1.12. The molecule has 0 aromatic carbocycles. The molecule has 0 radical (unpaired) electrons. The Kier molecular flexibility index (Phi) is 5.49. The van der Waals surface area contributed by atoms with Crippen molar-refractivity contribution < 1.29 is 9.53 Å². The fraction of sp³-hybridized carbons (Fsp3) is 0.846. The van der Waals surface area contributed by atoms with Crippen molar-refractivity contribution in [3.63, 3.8) is 0 Å². The molecule has 0 aliphatic heterocycles. The van der Waals surface area contributed by atoms with Crippen molar-refractivity contribution in [2.45, 2.75) is 85.5 Å². The highest BCUT2D eigenvalue weighted by Gasteiger charge is 2.60. The molecule has 8 atom stereocenters. The number of ether oxygens (including phenoxy) is 1. The van der Waals surface area contributed by atoms with E-state index in [1.807, 2.05) is 6.92 Å². The van der Waals surface area contributed by atoms with E-state index in [4.69, 9.17) is 10.1 Å². The minimum absolute atomic E-state index is 0.160. The van der Waals surface area contributed by atoms with Gasteiger partial charge in [0.1, 0.15) is 0 Å². The molecule has 3 nitrogen and oxygen atoms in total. The van der Waals surface area contributed by atoms with E-state index >= 15 is 0 Å². The zero-order chi connectivity index (χ0) is 21.0. The minimum atomic E-state index is -0.302.